The van der Waals surface area contributed by atoms with Crippen molar-refractivity contribution in [2.75, 3.05) is 36.0 Å². The van der Waals surface area contributed by atoms with E-state index in [4.69, 9.17) is 0 Å². The molecule has 1 saturated carbocycles. The molecule has 6 rings (SSSR count). The Morgan fingerprint density at radius 1 is 1.00 bits per heavy atom. The number of hydrogen-bond donors (Lipinski definition) is 1. The molecule has 1 aromatic carbocycles. The normalized spacial score (nSPS) is 21.6. The van der Waals surface area contributed by atoms with Gasteiger partial charge in [0, 0.05) is 30.7 Å². The van der Waals surface area contributed by atoms with Gasteiger partial charge in [-0.15, -0.1) is 11.3 Å². The zero-order valence-electron chi connectivity index (χ0n) is 22.4. The molecule has 40 heavy (non-hydrogen) atoms. The van der Waals surface area contributed by atoms with Crippen molar-refractivity contribution in [1.29, 1.82) is 0 Å². The van der Waals surface area contributed by atoms with Gasteiger partial charge in [-0.2, -0.15) is 0 Å². The number of nitrogens with zero attached hydrogens (tertiary/aromatic N) is 4. The first-order chi connectivity index (χ1) is 19.5. The average molecular weight is 579 g/mol. The maximum absolute atomic E-state index is 13.9. The van der Waals surface area contributed by atoms with Crippen LogP contribution in [0.2, 0.25) is 0 Å². The Bertz CT molecular complexity index is 1380. The number of carboxylic acid groups (broad SMARTS) is 1. The fraction of sp³-hybridized carbons (Fsp3) is 0.433. The van der Waals surface area contributed by atoms with Crippen LogP contribution in [-0.2, 0) is 15.8 Å². The first-order valence-electron chi connectivity index (χ1n) is 14.1. The van der Waals surface area contributed by atoms with Crippen molar-refractivity contribution < 1.29 is 18.9 Å². The van der Waals surface area contributed by atoms with E-state index in [1.165, 1.54) is 17.8 Å². The second-order valence-corrected chi connectivity index (χ2v) is 13.4. The molecular weight excluding hydrogens is 544 g/mol. The summed E-state index contributed by atoms with van der Waals surface area (Å²) in [5.41, 5.74) is 1.38. The summed E-state index contributed by atoms with van der Waals surface area (Å²) in [7, 11) is -1.54. The Labute approximate surface area is 241 Å². The van der Waals surface area contributed by atoms with Gasteiger partial charge in [-0.1, -0.05) is 49.6 Å². The van der Waals surface area contributed by atoms with E-state index in [9.17, 15) is 18.9 Å². The summed E-state index contributed by atoms with van der Waals surface area (Å²) >= 11 is 1.20. The van der Waals surface area contributed by atoms with Crippen molar-refractivity contribution >= 4 is 45.7 Å². The van der Waals surface area contributed by atoms with E-state index in [1.54, 1.807) is 15.4 Å². The summed E-state index contributed by atoms with van der Waals surface area (Å²) in [6.07, 6.45) is 9.26. The molecule has 1 aliphatic carbocycles. The summed E-state index contributed by atoms with van der Waals surface area (Å²) in [4.78, 5) is 36.4. The van der Waals surface area contributed by atoms with Crippen LogP contribution in [0.15, 0.2) is 59.6 Å². The van der Waals surface area contributed by atoms with Crippen molar-refractivity contribution in [3.05, 3.63) is 59.6 Å². The van der Waals surface area contributed by atoms with Crippen LogP contribution in [0.3, 0.4) is 0 Å². The lowest BCUT2D eigenvalue weighted by molar-refractivity contribution is -0.121. The molecule has 3 aliphatic rings. The van der Waals surface area contributed by atoms with Gasteiger partial charge in [-0.25, -0.2) is 18.3 Å². The number of anilines is 2. The predicted octanol–water partition coefficient (Wildman–Crippen LogP) is 5.43. The van der Waals surface area contributed by atoms with Crippen LogP contribution in [0.4, 0.5) is 11.5 Å². The van der Waals surface area contributed by atoms with Gasteiger partial charge in [0.2, 0.25) is 5.91 Å². The summed E-state index contributed by atoms with van der Waals surface area (Å²) in [6, 6.07) is 15.0. The number of carboxylic acids is 1. The quantitative estimate of drug-likeness (QED) is 0.402. The second kappa shape index (κ2) is 11.8. The zero-order valence-corrected chi connectivity index (χ0v) is 24.0. The molecule has 2 atom stereocenters. The molecule has 3 fully saturated rings. The van der Waals surface area contributed by atoms with Gasteiger partial charge in [-0.05, 0) is 55.4 Å². The molecule has 1 unspecified atom stereocenters. The van der Waals surface area contributed by atoms with Crippen LogP contribution >= 0.6 is 11.3 Å². The maximum Gasteiger partial charge on any atom is 0.348 e. The van der Waals surface area contributed by atoms with Crippen LogP contribution in [-0.4, -0.2) is 62.7 Å². The fourth-order valence-electron chi connectivity index (χ4n) is 6.30. The van der Waals surface area contributed by atoms with Crippen LogP contribution in [0.5, 0.6) is 0 Å². The third kappa shape index (κ3) is 5.44. The first-order valence-corrected chi connectivity index (χ1v) is 16.0. The number of aromatic nitrogens is 1. The molecule has 8 nitrogen and oxygen atoms in total. The zero-order chi connectivity index (χ0) is 27.6. The number of rotatable bonds is 7. The fourth-order valence-corrected chi connectivity index (χ4v) is 8.44. The van der Waals surface area contributed by atoms with E-state index in [0.29, 0.717) is 17.1 Å². The van der Waals surface area contributed by atoms with Crippen LogP contribution in [0, 0.1) is 5.92 Å². The number of amides is 1. The number of piperazine rings is 1. The highest BCUT2D eigenvalue weighted by molar-refractivity contribution is 7.82. The average Bonchev–Trinajstić information content (AvgIpc) is 3.69. The minimum atomic E-state index is -1.54. The smallest absolute Gasteiger partial charge is 0.348 e. The molecule has 2 aliphatic heterocycles. The molecule has 210 valence electrons. The number of thiophene rings is 1. The van der Waals surface area contributed by atoms with Gasteiger partial charge in [-0.3, -0.25) is 4.79 Å². The van der Waals surface area contributed by atoms with Gasteiger partial charge in [0.25, 0.3) is 0 Å². The molecule has 2 saturated heterocycles. The topological polar surface area (TPSA) is 94.0 Å². The standard InChI is InChI=1S/C30H34N4O4S2/c35-28-20-33(40(38)23-13-14-27(31-18-23)32-15-7-8-16-32)19-25(21-9-3-1-4-10-21)34(28)24-17-26(39-29(24)30(36)37)22-11-5-2-6-12-22/h2,5-6,11-14,17-18,21,25H,1,3-4,7-10,15-16,19-20H2,(H,36,37)/t25-,40?/m0/s1. The third-order valence-electron chi connectivity index (χ3n) is 8.31. The first kappa shape index (κ1) is 27.1. The molecule has 4 heterocycles. The SMILES string of the molecule is O=C(O)c1sc(-c2ccccc2)cc1N1C(=O)CN(S(=O)c2ccc(N3CCCC3)nc2)C[C@H]1C1CCCCC1. The lowest BCUT2D eigenvalue weighted by Crippen LogP contribution is -2.59. The van der Waals surface area contributed by atoms with Gasteiger partial charge < -0.3 is 14.9 Å². The minimum absolute atomic E-state index is 0.0424. The molecule has 0 radical (unpaired) electrons. The predicted molar refractivity (Wildman–Crippen MR) is 158 cm³/mol. The Hall–Kier alpha value is -3.08. The number of carbonyl (C=O) groups is 2. The number of carbonyl (C=O) groups excluding carboxylic acids is 1. The van der Waals surface area contributed by atoms with E-state index >= 15 is 0 Å². The molecule has 1 amide bonds. The highest BCUT2D eigenvalue weighted by Crippen LogP contribution is 2.41. The summed E-state index contributed by atoms with van der Waals surface area (Å²) in [5.74, 6) is -0.133. The van der Waals surface area contributed by atoms with Crippen molar-refractivity contribution in [2.45, 2.75) is 55.9 Å². The maximum atomic E-state index is 13.9. The number of pyridine rings is 1. The molecule has 3 aromatic rings. The number of hydrogen-bond acceptors (Lipinski definition) is 6. The van der Waals surface area contributed by atoms with Gasteiger partial charge >= 0.3 is 5.97 Å². The highest BCUT2D eigenvalue weighted by atomic mass is 32.2. The van der Waals surface area contributed by atoms with Crippen LogP contribution in [0.25, 0.3) is 10.4 Å². The minimum Gasteiger partial charge on any atom is -0.477 e. The van der Waals surface area contributed by atoms with Crippen molar-refractivity contribution in [1.82, 2.24) is 9.29 Å². The third-order valence-corrected chi connectivity index (χ3v) is 10.9. The Kier molecular flexibility index (Phi) is 8.00. The lowest BCUT2D eigenvalue weighted by atomic mass is 9.82. The van der Waals surface area contributed by atoms with Gasteiger partial charge in [0.15, 0.2) is 0 Å². The van der Waals surface area contributed by atoms with E-state index in [2.05, 4.69) is 9.88 Å². The summed E-state index contributed by atoms with van der Waals surface area (Å²) < 4.78 is 15.5. The Morgan fingerprint density at radius 2 is 1.75 bits per heavy atom. The molecule has 0 bridgehead atoms. The van der Waals surface area contributed by atoms with Crippen molar-refractivity contribution in [3.63, 3.8) is 0 Å². The van der Waals surface area contributed by atoms with Crippen molar-refractivity contribution in [3.8, 4) is 10.4 Å². The van der Waals surface area contributed by atoms with Gasteiger partial charge in [0.1, 0.15) is 21.7 Å². The van der Waals surface area contributed by atoms with E-state index in [-0.39, 0.29) is 29.3 Å². The summed E-state index contributed by atoms with van der Waals surface area (Å²) in [6.45, 7) is 2.36. The molecular formula is C30H34N4O4S2. The second-order valence-electron chi connectivity index (χ2n) is 10.8. The van der Waals surface area contributed by atoms with Gasteiger partial charge in [0.05, 0.1) is 23.2 Å². The lowest BCUT2D eigenvalue weighted by Gasteiger charge is -2.44. The largest absolute Gasteiger partial charge is 0.477 e. The summed E-state index contributed by atoms with van der Waals surface area (Å²) in [5, 5.41) is 10.1. The number of aromatic carboxylic acids is 1. The molecule has 2 aromatic heterocycles. The molecule has 0 spiro atoms. The van der Waals surface area contributed by atoms with Crippen molar-refractivity contribution in [2.24, 2.45) is 5.92 Å². The van der Waals surface area contributed by atoms with Crippen LogP contribution < -0.4 is 9.80 Å². The highest BCUT2D eigenvalue weighted by Gasteiger charge is 2.42. The van der Waals surface area contributed by atoms with E-state index < -0.39 is 17.0 Å². The van der Waals surface area contributed by atoms with E-state index in [0.717, 1.165) is 67.9 Å². The van der Waals surface area contributed by atoms with E-state index in [1.807, 2.05) is 48.5 Å². The van der Waals surface area contributed by atoms with Crippen LogP contribution in [0.1, 0.15) is 54.6 Å². The number of benzene rings is 1. The molecule has 1 N–H and O–H groups in total. The Morgan fingerprint density at radius 3 is 2.42 bits per heavy atom. The molecule has 10 heteroatoms. The monoisotopic (exact) mass is 578 g/mol. The Balaban J connectivity index is 1.31.